The number of Topliss-reactive ketones (excluding diaryl/α,β-unsaturated/α-hetero) is 1. The molecule has 0 saturated heterocycles. The Kier molecular flexibility index (Phi) is 3.01. The number of hydrogen-bond acceptors (Lipinski definition) is 3. The fraction of sp³-hybridized carbons (Fsp3) is 0.467. The zero-order chi connectivity index (χ0) is 13.6. The van der Waals surface area contributed by atoms with Crippen molar-refractivity contribution in [3.8, 4) is 0 Å². The lowest BCUT2D eigenvalue weighted by atomic mass is 9.68. The molecule has 0 unspecified atom stereocenters. The van der Waals surface area contributed by atoms with Crippen LogP contribution in [0.4, 0.5) is 0 Å². The summed E-state index contributed by atoms with van der Waals surface area (Å²) < 4.78 is 1.04. The third kappa shape index (κ3) is 2.34. The normalized spacial score (nSPS) is 28.6. The number of hydrogen-bond donors (Lipinski definition) is 1. The molecule has 1 fully saturated rings. The average molecular weight is 321 g/mol. The molecule has 2 atom stereocenters. The molecule has 3 rings (SSSR count). The van der Waals surface area contributed by atoms with Gasteiger partial charge in [0.05, 0.1) is 17.7 Å². The van der Waals surface area contributed by atoms with Crippen LogP contribution < -0.4 is 5.43 Å². The number of benzene rings is 1. The molecule has 1 aromatic rings. The van der Waals surface area contributed by atoms with Gasteiger partial charge in [0.25, 0.3) is 0 Å². The van der Waals surface area contributed by atoms with Crippen molar-refractivity contribution in [3.05, 3.63) is 34.3 Å². The molecular formula is C15H17BrN2O. The maximum atomic E-state index is 12.4. The summed E-state index contributed by atoms with van der Waals surface area (Å²) in [5.41, 5.74) is 5.18. The van der Waals surface area contributed by atoms with Gasteiger partial charge >= 0.3 is 0 Å². The van der Waals surface area contributed by atoms with Crippen molar-refractivity contribution < 1.29 is 4.79 Å². The summed E-state index contributed by atoms with van der Waals surface area (Å²) >= 11 is 3.43. The molecule has 1 heterocycles. The molecule has 2 aliphatic rings. The lowest BCUT2D eigenvalue weighted by Gasteiger charge is -2.36. The first kappa shape index (κ1) is 12.9. The zero-order valence-electron chi connectivity index (χ0n) is 11.1. The summed E-state index contributed by atoms with van der Waals surface area (Å²) in [4.78, 5) is 12.4. The summed E-state index contributed by atoms with van der Waals surface area (Å²) in [6.45, 7) is 4.31. The SMILES string of the molecule is CC1(C)CC(=O)[C@H]2C(c3ccc(Br)cc3)=NN[C@H]2C1. The Bertz CT molecular complexity index is 548. The Labute approximate surface area is 121 Å². The number of halogens is 1. The minimum atomic E-state index is -0.0748. The van der Waals surface area contributed by atoms with Crippen molar-refractivity contribution in [2.75, 3.05) is 0 Å². The second-order valence-electron chi connectivity index (χ2n) is 6.23. The van der Waals surface area contributed by atoms with E-state index < -0.39 is 0 Å². The van der Waals surface area contributed by atoms with E-state index in [9.17, 15) is 4.79 Å². The Balaban J connectivity index is 1.90. The molecule has 100 valence electrons. The molecular weight excluding hydrogens is 304 g/mol. The van der Waals surface area contributed by atoms with Crippen LogP contribution >= 0.6 is 15.9 Å². The average Bonchev–Trinajstić information content (AvgIpc) is 2.72. The highest BCUT2D eigenvalue weighted by atomic mass is 79.9. The molecule has 3 nitrogen and oxygen atoms in total. The van der Waals surface area contributed by atoms with Crippen LogP contribution in [0.15, 0.2) is 33.8 Å². The highest BCUT2D eigenvalue weighted by molar-refractivity contribution is 9.10. The van der Waals surface area contributed by atoms with E-state index in [0.717, 1.165) is 22.2 Å². The topological polar surface area (TPSA) is 41.5 Å². The smallest absolute Gasteiger partial charge is 0.144 e. The molecule has 1 N–H and O–H groups in total. The number of nitrogens with zero attached hydrogens (tertiary/aromatic N) is 1. The first-order valence-corrected chi connectivity index (χ1v) is 7.37. The number of carbonyl (C=O) groups is 1. The fourth-order valence-electron chi connectivity index (χ4n) is 3.14. The van der Waals surface area contributed by atoms with Gasteiger partial charge in [-0.3, -0.25) is 4.79 Å². The van der Waals surface area contributed by atoms with E-state index in [4.69, 9.17) is 0 Å². The molecule has 1 aromatic carbocycles. The van der Waals surface area contributed by atoms with Gasteiger partial charge in [-0.1, -0.05) is 41.9 Å². The molecule has 19 heavy (non-hydrogen) atoms. The van der Waals surface area contributed by atoms with E-state index >= 15 is 0 Å². The summed E-state index contributed by atoms with van der Waals surface area (Å²) in [5.74, 6) is 0.238. The number of nitrogens with one attached hydrogen (secondary N) is 1. The van der Waals surface area contributed by atoms with Gasteiger partial charge < -0.3 is 5.43 Å². The second kappa shape index (κ2) is 4.44. The van der Waals surface area contributed by atoms with Crippen LogP contribution in [0.2, 0.25) is 0 Å². The van der Waals surface area contributed by atoms with Gasteiger partial charge in [-0.25, -0.2) is 0 Å². The monoisotopic (exact) mass is 320 g/mol. The van der Waals surface area contributed by atoms with E-state index in [1.165, 1.54) is 0 Å². The minimum absolute atomic E-state index is 0.0748. The van der Waals surface area contributed by atoms with Crippen molar-refractivity contribution in [1.29, 1.82) is 0 Å². The van der Waals surface area contributed by atoms with E-state index in [2.05, 4.69) is 40.3 Å². The Hall–Kier alpha value is -1.16. The molecule has 0 aromatic heterocycles. The minimum Gasteiger partial charge on any atom is -0.306 e. The van der Waals surface area contributed by atoms with Crippen LogP contribution in [-0.4, -0.2) is 17.5 Å². The van der Waals surface area contributed by atoms with Crippen LogP contribution in [0.3, 0.4) is 0 Å². The molecule has 1 saturated carbocycles. The number of rotatable bonds is 1. The molecule has 1 aliphatic heterocycles. The maximum Gasteiger partial charge on any atom is 0.144 e. The number of fused-ring (bicyclic) bond motifs is 1. The summed E-state index contributed by atoms with van der Waals surface area (Å²) in [5, 5.41) is 4.43. The Morgan fingerprint density at radius 3 is 2.68 bits per heavy atom. The van der Waals surface area contributed by atoms with Crippen LogP contribution in [0.1, 0.15) is 32.3 Å². The van der Waals surface area contributed by atoms with Gasteiger partial charge in [-0.05, 0) is 29.5 Å². The van der Waals surface area contributed by atoms with Crippen LogP contribution in [0.5, 0.6) is 0 Å². The van der Waals surface area contributed by atoms with Crippen LogP contribution in [-0.2, 0) is 4.79 Å². The summed E-state index contributed by atoms with van der Waals surface area (Å²) in [6, 6.07) is 8.17. The lowest BCUT2D eigenvalue weighted by molar-refractivity contribution is -0.126. The predicted molar refractivity (Wildman–Crippen MR) is 79.1 cm³/mol. The zero-order valence-corrected chi connectivity index (χ0v) is 12.7. The third-order valence-electron chi connectivity index (χ3n) is 3.96. The van der Waals surface area contributed by atoms with Gasteiger partial charge in [-0.2, -0.15) is 5.10 Å². The molecule has 1 aliphatic carbocycles. The standard InChI is InChI=1S/C15H17BrN2O/c1-15(2)7-11-13(12(19)8-15)14(18-17-11)9-3-5-10(16)6-4-9/h3-6,11,13,17H,7-8H2,1-2H3/t11-,13-/m0/s1. The van der Waals surface area contributed by atoms with Gasteiger partial charge in [0.1, 0.15) is 5.78 Å². The Morgan fingerprint density at radius 1 is 1.32 bits per heavy atom. The fourth-order valence-corrected chi connectivity index (χ4v) is 3.41. The van der Waals surface area contributed by atoms with Crippen molar-refractivity contribution >= 4 is 27.4 Å². The Morgan fingerprint density at radius 2 is 2.00 bits per heavy atom. The molecule has 0 spiro atoms. The van der Waals surface area contributed by atoms with Gasteiger partial charge in [-0.15, -0.1) is 0 Å². The largest absolute Gasteiger partial charge is 0.306 e. The third-order valence-corrected chi connectivity index (χ3v) is 4.49. The molecule has 4 heteroatoms. The molecule has 0 amide bonds. The first-order chi connectivity index (χ1) is 8.96. The number of ketones is 1. The van der Waals surface area contributed by atoms with Gasteiger partial charge in [0.2, 0.25) is 0 Å². The van der Waals surface area contributed by atoms with E-state index in [1.807, 2.05) is 24.3 Å². The second-order valence-corrected chi connectivity index (χ2v) is 7.14. The van der Waals surface area contributed by atoms with E-state index in [1.54, 1.807) is 0 Å². The number of hydrazone groups is 1. The summed E-state index contributed by atoms with van der Waals surface area (Å²) in [7, 11) is 0. The maximum absolute atomic E-state index is 12.4. The van der Waals surface area contributed by atoms with Crippen LogP contribution in [0, 0.1) is 11.3 Å². The van der Waals surface area contributed by atoms with E-state index in [-0.39, 0.29) is 17.4 Å². The first-order valence-electron chi connectivity index (χ1n) is 6.58. The van der Waals surface area contributed by atoms with Gasteiger partial charge in [0, 0.05) is 10.9 Å². The van der Waals surface area contributed by atoms with Crippen LogP contribution in [0.25, 0.3) is 0 Å². The highest BCUT2D eigenvalue weighted by Gasteiger charge is 2.46. The lowest BCUT2D eigenvalue weighted by Crippen LogP contribution is -2.45. The predicted octanol–water partition coefficient (Wildman–Crippen LogP) is 3.13. The van der Waals surface area contributed by atoms with Crippen molar-refractivity contribution in [1.82, 2.24) is 5.43 Å². The number of carbonyl (C=O) groups excluding carboxylic acids is 1. The van der Waals surface area contributed by atoms with E-state index in [0.29, 0.717) is 12.2 Å². The quantitative estimate of drug-likeness (QED) is 0.863. The summed E-state index contributed by atoms with van der Waals surface area (Å²) in [6.07, 6.45) is 1.64. The highest BCUT2D eigenvalue weighted by Crippen LogP contribution is 2.39. The van der Waals surface area contributed by atoms with Crippen molar-refractivity contribution in [2.24, 2.45) is 16.4 Å². The molecule has 0 radical (unpaired) electrons. The van der Waals surface area contributed by atoms with Gasteiger partial charge in [0.15, 0.2) is 0 Å². The van der Waals surface area contributed by atoms with Crippen molar-refractivity contribution in [2.45, 2.75) is 32.7 Å². The van der Waals surface area contributed by atoms with Crippen molar-refractivity contribution in [3.63, 3.8) is 0 Å². The molecule has 0 bridgehead atoms.